The van der Waals surface area contributed by atoms with E-state index in [1.807, 2.05) is 18.7 Å². The molecule has 0 atom stereocenters. The maximum atomic E-state index is 12.7. The largest absolute Gasteiger partial charge is 0.416 e. The van der Waals surface area contributed by atoms with Gasteiger partial charge in [0.1, 0.15) is 5.69 Å². The van der Waals surface area contributed by atoms with E-state index >= 15 is 0 Å². The topological polar surface area (TPSA) is 81.4 Å². The Hall–Kier alpha value is -1.83. The molecular formula is C14H20F3N3O2. The maximum Gasteiger partial charge on any atom is 0.416 e. The summed E-state index contributed by atoms with van der Waals surface area (Å²) in [5.74, 6) is 0. The second-order valence-corrected chi connectivity index (χ2v) is 5.88. The molecule has 1 fully saturated rings. The smallest absolute Gasteiger partial charge is 0.361 e. The molecule has 124 valence electrons. The van der Waals surface area contributed by atoms with Crippen LogP contribution < -0.4 is 11.1 Å². The van der Waals surface area contributed by atoms with Gasteiger partial charge in [-0.1, -0.05) is 0 Å². The van der Waals surface area contributed by atoms with Crippen LogP contribution in [0, 0.1) is 10.1 Å². The van der Waals surface area contributed by atoms with Crippen molar-refractivity contribution >= 4 is 11.4 Å². The highest BCUT2D eigenvalue weighted by atomic mass is 19.4. The molecule has 1 aliphatic rings. The van der Waals surface area contributed by atoms with Crippen LogP contribution in [-0.2, 0) is 6.18 Å². The van der Waals surface area contributed by atoms with Gasteiger partial charge in [0.05, 0.1) is 10.5 Å². The van der Waals surface area contributed by atoms with Gasteiger partial charge in [-0.15, -0.1) is 0 Å². The van der Waals surface area contributed by atoms with Crippen molar-refractivity contribution in [3.63, 3.8) is 0 Å². The number of benzene rings is 1. The van der Waals surface area contributed by atoms with Gasteiger partial charge in [0.15, 0.2) is 0 Å². The van der Waals surface area contributed by atoms with Gasteiger partial charge in [-0.05, 0) is 45.2 Å². The molecule has 3 N–H and O–H groups in total. The lowest BCUT2D eigenvalue weighted by Crippen LogP contribution is -2.47. The van der Waals surface area contributed by atoms with Crippen molar-refractivity contribution in [1.29, 1.82) is 0 Å². The van der Waals surface area contributed by atoms with E-state index < -0.39 is 22.4 Å². The molecule has 5 nitrogen and oxygen atoms in total. The fraction of sp³-hybridized carbons (Fsp3) is 0.571. The van der Waals surface area contributed by atoms with Crippen molar-refractivity contribution in [3.8, 4) is 0 Å². The summed E-state index contributed by atoms with van der Waals surface area (Å²) in [5.41, 5.74) is -1.52. The highest BCUT2D eigenvalue weighted by molar-refractivity contribution is 5.66. The summed E-state index contributed by atoms with van der Waals surface area (Å²) >= 11 is 0. The van der Waals surface area contributed by atoms with Crippen LogP contribution in [0.1, 0.15) is 38.7 Å². The third-order valence-electron chi connectivity index (χ3n) is 3.94. The number of hydrogen-bond acceptors (Lipinski definition) is 4. The minimum Gasteiger partial charge on any atom is -0.361 e. The number of hydrogen-bond donors (Lipinski definition) is 1. The molecule has 0 unspecified atom stereocenters. The predicted octanol–water partition coefficient (Wildman–Crippen LogP) is 4.54. The lowest BCUT2D eigenvalue weighted by molar-refractivity contribution is -0.384. The molecule has 22 heavy (non-hydrogen) atoms. The summed E-state index contributed by atoms with van der Waals surface area (Å²) in [5, 5.41) is 11.2. The zero-order chi connectivity index (χ0) is 15.8. The van der Waals surface area contributed by atoms with Crippen molar-refractivity contribution in [3.05, 3.63) is 33.9 Å². The van der Waals surface area contributed by atoms with Crippen molar-refractivity contribution in [2.75, 3.05) is 11.4 Å². The van der Waals surface area contributed by atoms with E-state index in [4.69, 9.17) is 0 Å². The third-order valence-corrected chi connectivity index (χ3v) is 3.94. The molecule has 0 spiro atoms. The molecule has 0 aromatic heterocycles. The van der Waals surface area contributed by atoms with E-state index in [-0.39, 0.29) is 17.4 Å². The first-order valence-corrected chi connectivity index (χ1v) is 6.76. The van der Waals surface area contributed by atoms with E-state index in [0.717, 1.165) is 25.3 Å². The Labute approximate surface area is 126 Å². The summed E-state index contributed by atoms with van der Waals surface area (Å²) in [6.45, 7) is 4.51. The molecule has 1 saturated heterocycles. The van der Waals surface area contributed by atoms with Crippen molar-refractivity contribution in [1.82, 2.24) is 6.15 Å². The van der Waals surface area contributed by atoms with E-state index in [9.17, 15) is 23.3 Å². The van der Waals surface area contributed by atoms with E-state index in [1.165, 1.54) is 6.07 Å². The van der Waals surface area contributed by atoms with Gasteiger partial charge in [-0.2, -0.15) is 13.2 Å². The molecule has 8 heteroatoms. The van der Waals surface area contributed by atoms with Crippen LogP contribution >= 0.6 is 0 Å². The molecule has 0 aliphatic carbocycles. The average molecular weight is 319 g/mol. The van der Waals surface area contributed by atoms with Crippen molar-refractivity contribution in [2.24, 2.45) is 0 Å². The second-order valence-electron chi connectivity index (χ2n) is 5.88. The first-order chi connectivity index (χ1) is 9.63. The lowest BCUT2D eigenvalue weighted by atomic mass is 9.89. The summed E-state index contributed by atoms with van der Waals surface area (Å²) in [6, 6.07) is 2.75. The molecule has 1 aliphatic heterocycles. The van der Waals surface area contributed by atoms with E-state index in [2.05, 4.69) is 0 Å². The van der Waals surface area contributed by atoms with Crippen LogP contribution in [0.5, 0.6) is 0 Å². The Morgan fingerprint density at radius 1 is 1.27 bits per heavy atom. The molecule has 0 saturated carbocycles. The van der Waals surface area contributed by atoms with Crippen molar-refractivity contribution in [2.45, 2.75) is 44.8 Å². The van der Waals surface area contributed by atoms with E-state index in [0.29, 0.717) is 12.6 Å². The standard InChI is InChI=1S/C14H17F3N2O2.H3N/c1-13(2)7-3-4-8-18(13)11-6-5-10(14(15,16)17)9-12(11)19(20)21;/h5-6,9H,3-4,7-8H2,1-2H3;1H3. The van der Waals surface area contributed by atoms with Gasteiger partial charge in [0.2, 0.25) is 0 Å². The van der Waals surface area contributed by atoms with Crippen LogP contribution in [0.25, 0.3) is 0 Å². The summed E-state index contributed by atoms with van der Waals surface area (Å²) in [6.07, 6.45) is -1.84. The number of piperidine rings is 1. The highest BCUT2D eigenvalue weighted by Gasteiger charge is 2.37. The van der Waals surface area contributed by atoms with Gasteiger partial charge in [0, 0.05) is 18.2 Å². The fourth-order valence-electron chi connectivity index (χ4n) is 2.79. The normalized spacial score (nSPS) is 17.8. The average Bonchev–Trinajstić information content (AvgIpc) is 2.36. The number of nitro benzene ring substituents is 1. The van der Waals surface area contributed by atoms with Gasteiger partial charge >= 0.3 is 6.18 Å². The maximum absolute atomic E-state index is 12.7. The Balaban J connectivity index is 0.00000242. The Morgan fingerprint density at radius 3 is 2.41 bits per heavy atom. The number of nitrogens with zero attached hydrogens (tertiary/aromatic N) is 2. The molecule has 1 aromatic rings. The molecular weight excluding hydrogens is 299 g/mol. The number of alkyl halides is 3. The van der Waals surface area contributed by atoms with Crippen LogP contribution in [0.4, 0.5) is 24.5 Å². The number of nitro groups is 1. The van der Waals surface area contributed by atoms with E-state index in [1.54, 1.807) is 0 Å². The van der Waals surface area contributed by atoms with Gasteiger partial charge in [-0.3, -0.25) is 10.1 Å². The molecule has 0 radical (unpaired) electrons. The van der Waals surface area contributed by atoms with Crippen LogP contribution in [0.2, 0.25) is 0 Å². The van der Waals surface area contributed by atoms with Gasteiger partial charge in [-0.25, -0.2) is 0 Å². The van der Waals surface area contributed by atoms with Crippen LogP contribution in [0.3, 0.4) is 0 Å². The predicted molar refractivity (Wildman–Crippen MR) is 78.4 cm³/mol. The molecule has 0 bridgehead atoms. The highest BCUT2D eigenvalue weighted by Crippen LogP contribution is 2.40. The van der Waals surface area contributed by atoms with Crippen LogP contribution in [-0.4, -0.2) is 17.0 Å². The number of halogens is 3. The number of anilines is 1. The molecule has 2 rings (SSSR count). The summed E-state index contributed by atoms with van der Waals surface area (Å²) < 4.78 is 38.2. The Bertz CT molecular complexity index is 559. The monoisotopic (exact) mass is 319 g/mol. The fourth-order valence-corrected chi connectivity index (χ4v) is 2.79. The zero-order valence-corrected chi connectivity index (χ0v) is 12.6. The molecule has 0 amide bonds. The quantitative estimate of drug-likeness (QED) is 0.640. The third kappa shape index (κ3) is 3.49. The van der Waals surface area contributed by atoms with Gasteiger partial charge in [0.25, 0.3) is 5.69 Å². The van der Waals surface area contributed by atoms with Crippen molar-refractivity contribution < 1.29 is 18.1 Å². The first kappa shape index (κ1) is 18.2. The SMILES string of the molecule is CC1(C)CCCCN1c1ccc(C(F)(F)F)cc1[N+](=O)[O-].N. The second kappa shape index (κ2) is 6.12. The molecule has 1 aromatic carbocycles. The first-order valence-electron chi connectivity index (χ1n) is 6.76. The Kier molecular flexibility index (Phi) is 5.06. The lowest BCUT2D eigenvalue weighted by Gasteiger charge is -2.43. The molecule has 1 heterocycles. The summed E-state index contributed by atoms with van der Waals surface area (Å²) in [7, 11) is 0. The zero-order valence-electron chi connectivity index (χ0n) is 12.6. The van der Waals surface area contributed by atoms with Gasteiger partial charge < -0.3 is 11.1 Å². The minimum atomic E-state index is -4.58. The van der Waals surface area contributed by atoms with Crippen LogP contribution in [0.15, 0.2) is 18.2 Å². The number of rotatable bonds is 2. The minimum absolute atomic E-state index is 0. The Morgan fingerprint density at radius 2 is 1.91 bits per heavy atom. The summed E-state index contributed by atoms with van der Waals surface area (Å²) in [4.78, 5) is 12.3.